The smallest absolute Gasteiger partial charge is 0.159 e. The monoisotopic (exact) mass is 750 g/mol. The van der Waals surface area contributed by atoms with Gasteiger partial charge in [0.05, 0.1) is 11.0 Å². The lowest BCUT2D eigenvalue weighted by molar-refractivity contribution is 0.641. The lowest BCUT2D eigenvalue weighted by Crippen LogP contribution is -2.37. The van der Waals surface area contributed by atoms with Crippen molar-refractivity contribution in [1.82, 2.24) is 9.88 Å². The summed E-state index contributed by atoms with van der Waals surface area (Å²) in [6.07, 6.45) is 9.23. The molecule has 2 atom stereocenters. The normalized spacial score (nSPS) is 16.9. The molecule has 1 aliphatic carbocycles. The summed E-state index contributed by atoms with van der Waals surface area (Å²) in [6.45, 7) is 0. The van der Waals surface area contributed by atoms with E-state index in [4.69, 9.17) is 14.4 Å². The number of furan rings is 1. The topological polar surface area (TPSA) is 54.8 Å². The third-order valence-corrected chi connectivity index (χ3v) is 12.7. The minimum Gasteiger partial charge on any atom is -0.456 e. The fourth-order valence-electron chi connectivity index (χ4n) is 8.76. The van der Waals surface area contributed by atoms with Crippen molar-refractivity contribution in [3.05, 3.63) is 187 Å². The molecule has 0 amide bonds. The van der Waals surface area contributed by atoms with Gasteiger partial charge in [-0.1, -0.05) is 121 Å². The highest BCUT2D eigenvalue weighted by Gasteiger charge is 2.25. The zero-order valence-electron chi connectivity index (χ0n) is 30.8. The fourth-order valence-corrected chi connectivity index (χ4v) is 9.94. The number of nitrogens with zero attached hydrogens (tertiary/aromatic N) is 3. The highest BCUT2D eigenvalue weighted by molar-refractivity contribution is 7.25. The maximum absolute atomic E-state index is 6.40. The Kier molecular flexibility index (Phi) is 7.22. The number of thiophene rings is 1. The molecular weight excluding hydrogens is 717 g/mol. The van der Waals surface area contributed by atoms with Crippen molar-refractivity contribution in [3.8, 4) is 16.8 Å². The van der Waals surface area contributed by atoms with Gasteiger partial charge in [0.25, 0.3) is 0 Å². The number of para-hydroxylation sites is 2. The number of nitrogens with one attached hydrogen (secondary N) is 1. The van der Waals surface area contributed by atoms with Crippen LogP contribution in [0, 0.1) is 5.92 Å². The first kappa shape index (κ1) is 32.2. The Morgan fingerprint density at radius 3 is 2.05 bits per heavy atom. The van der Waals surface area contributed by atoms with Gasteiger partial charge in [-0.2, -0.15) is 0 Å². The van der Waals surface area contributed by atoms with Crippen LogP contribution >= 0.6 is 11.3 Å². The fraction of sp³-hybridized carbons (Fsp3) is 0.0588. The predicted octanol–water partition coefficient (Wildman–Crippen LogP) is 13.3. The van der Waals surface area contributed by atoms with Crippen LogP contribution in [-0.4, -0.2) is 16.2 Å². The molecule has 6 heteroatoms. The SMILES string of the molecule is C1=CCC(C2=NC(c3ccccc3)=NC(c3ccc4oc5ccc(-c6ccc7c(c6)sc6cc(-n8c9ccccc9c9ccccc98)ccc67)cc5c4c3)N2)C=C1. The minimum atomic E-state index is -0.282. The van der Waals surface area contributed by atoms with Gasteiger partial charge >= 0.3 is 0 Å². The van der Waals surface area contributed by atoms with Crippen molar-refractivity contribution in [3.63, 3.8) is 0 Å². The minimum absolute atomic E-state index is 0.174. The highest BCUT2D eigenvalue weighted by Crippen LogP contribution is 2.41. The van der Waals surface area contributed by atoms with E-state index in [1.807, 2.05) is 29.5 Å². The van der Waals surface area contributed by atoms with Crippen LogP contribution in [0.1, 0.15) is 23.7 Å². The Hall–Kier alpha value is -7.02. The first-order valence-electron chi connectivity index (χ1n) is 19.4. The van der Waals surface area contributed by atoms with Crippen LogP contribution in [0.25, 0.3) is 80.7 Å². The van der Waals surface area contributed by atoms with Gasteiger partial charge in [-0.15, -0.1) is 11.3 Å². The first-order chi connectivity index (χ1) is 28.2. The molecule has 7 aromatic carbocycles. The molecule has 10 aromatic rings. The lowest BCUT2D eigenvalue weighted by atomic mass is 9.98. The molecule has 0 spiro atoms. The van der Waals surface area contributed by atoms with Crippen molar-refractivity contribution in [2.24, 2.45) is 15.9 Å². The van der Waals surface area contributed by atoms with Crippen molar-refractivity contribution in [2.75, 3.05) is 0 Å². The molecule has 0 saturated heterocycles. The summed E-state index contributed by atoms with van der Waals surface area (Å²) in [4.78, 5) is 10.2. The molecule has 5 nitrogen and oxygen atoms in total. The van der Waals surface area contributed by atoms with E-state index in [0.29, 0.717) is 0 Å². The van der Waals surface area contributed by atoms with Gasteiger partial charge in [0, 0.05) is 58.9 Å². The molecule has 57 heavy (non-hydrogen) atoms. The average Bonchev–Trinajstić information content (AvgIpc) is 3.95. The molecule has 270 valence electrons. The molecule has 12 rings (SSSR count). The summed E-state index contributed by atoms with van der Waals surface area (Å²) in [5, 5.41) is 11.0. The number of amidine groups is 2. The van der Waals surface area contributed by atoms with Crippen molar-refractivity contribution in [1.29, 1.82) is 0 Å². The summed E-state index contributed by atoms with van der Waals surface area (Å²) < 4.78 is 11.4. The van der Waals surface area contributed by atoms with Crippen LogP contribution in [-0.2, 0) is 0 Å². The van der Waals surface area contributed by atoms with Gasteiger partial charge in [0.2, 0.25) is 0 Å². The molecule has 0 bridgehead atoms. The molecule has 0 radical (unpaired) electrons. The maximum Gasteiger partial charge on any atom is 0.159 e. The summed E-state index contributed by atoms with van der Waals surface area (Å²) in [5.41, 5.74) is 9.79. The van der Waals surface area contributed by atoms with Crippen molar-refractivity contribution in [2.45, 2.75) is 12.6 Å². The van der Waals surface area contributed by atoms with E-state index in [-0.39, 0.29) is 12.1 Å². The molecule has 4 heterocycles. The van der Waals surface area contributed by atoms with E-state index in [2.05, 4.69) is 168 Å². The number of hydrogen-bond acceptors (Lipinski definition) is 5. The van der Waals surface area contributed by atoms with Crippen LogP contribution < -0.4 is 5.32 Å². The number of fused-ring (bicyclic) bond motifs is 9. The number of allylic oxidation sites excluding steroid dienone is 3. The number of hydrogen-bond donors (Lipinski definition) is 1. The number of aliphatic imine (C=N–C) groups is 2. The van der Waals surface area contributed by atoms with Gasteiger partial charge in [-0.05, 0) is 77.7 Å². The molecule has 1 N–H and O–H groups in total. The third kappa shape index (κ3) is 5.29. The largest absolute Gasteiger partial charge is 0.456 e. The van der Waals surface area contributed by atoms with Crippen LogP contribution in [0.15, 0.2) is 190 Å². The average molecular weight is 751 g/mol. The zero-order valence-corrected chi connectivity index (χ0v) is 31.6. The van der Waals surface area contributed by atoms with Crippen LogP contribution in [0.5, 0.6) is 0 Å². The number of benzene rings is 7. The number of aromatic nitrogens is 1. The van der Waals surface area contributed by atoms with E-state index >= 15 is 0 Å². The molecule has 2 unspecified atom stereocenters. The van der Waals surface area contributed by atoms with Gasteiger partial charge in [0.1, 0.15) is 23.2 Å². The van der Waals surface area contributed by atoms with E-state index < -0.39 is 0 Å². The van der Waals surface area contributed by atoms with Crippen molar-refractivity contribution >= 4 is 86.9 Å². The second kappa shape index (κ2) is 12.8. The van der Waals surface area contributed by atoms with Crippen LogP contribution in [0.2, 0.25) is 0 Å². The molecule has 0 saturated carbocycles. The lowest BCUT2D eigenvalue weighted by Gasteiger charge is -2.27. The summed E-state index contributed by atoms with van der Waals surface area (Å²) in [5.74, 6) is 1.86. The molecule has 2 aliphatic rings. The third-order valence-electron chi connectivity index (χ3n) is 11.6. The quantitative estimate of drug-likeness (QED) is 0.190. The second-order valence-corrected chi connectivity index (χ2v) is 16.0. The Balaban J connectivity index is 0.918. The van der Waals surface area contributed by atoms with Crippen LogP contribution in [0.3, 0.4) is 0 Å². The van der Waals surface area contributed by atoms with Crippen LogP contribution in [0.4, 0.5) is 0 Å². The Bertz CT molecular complexity index is 3320. The van der Waals surface area contributed by atoms with E-state index in [9.17, 15) is 0 Å². The van der Waals surface area contributed by atoms with E-state index in [1.54, 1.807) is 0 Å². The standard InChI is InChI=1S/C51H34N4OS/c1-3-11-31(12-4-1)49-52-50(32-13-5-2-6-14-32)54-51(53-49)35-21-26-46-42(28-35)41-27-33(20-25-45(41)56-46)34-19-23-39-40-24-22-36(30-48(40)57-47(39)29-34)55-43-17-9-7-15-37(43)38-16-8-10-18-44(38)55/h1-13,15-30,32,51H,14H2,(H,52,53,54). The van der Waals surface area contributed by atoms with Gasteiger partial charge in [-0.3, -0.25) is 0 Å². The molecule has 1 aliphatic heterocycles. The summed E-state index contributed by atoms with van der Waals surface area (Å²) >= 11 is 1.86. The Labute approximate surface area is 332 Å². The first-order valence-corrected chi connectivity index (χ1v) is 20.3. The zero-order chi connectivity index (χ0) is 37.5. The highest BCUT2D eigenvalue weighted by atomic mass is 32.1. The molecule has 3 aromatic heterocycles. The van der Waals surface area contributed by atoms with Gasteiger partial charge < -0.3 is 14.3 Å². The predicted molar refractivity (Wildman–Crippen MR) is 239 cm³/mol. The summed E-state index contributed by atoms with van der Waals surface area (Å²) in [7, 11) is 0. The van der Waals surface area contributed by atoms with E-state index in [1.165, 1.54) is 53.2 Å². The summed E-state index contributed by atoms with van der Waals surface area (Å²) in [6, 6.07) is 54.4. The van der Waals surface area contributed by atoms with Gasteiger partial charge in [-0.25, -0.2) is 9.98 Å². The van der Waals surface area contributed by atoms with E-state index in [0.717, 1.165) is 56.7 Å². The maximum atomic E-state index is 6.40. The van der Waals surface area contributed by atoms with Gasteiger partial charge in [0.15, 0.2) is 5.84 Å². The molecular formula is C51H34N4OS. The van der Waals surface area contributed by atoms with Crippen molar-refractivity contribution < 1.29 is 4.42 Å². The second-order valence-electron chi connectivity index (χ2n) is 14.9. The Morgan fingerprint density at radius 1 is 0.579 bits per heavy atom. The Morgan fingerprint density at radius 2 is 1.26 bits per heavy atom. The molecule has 0 fully saturated rings. The number of rotatable bonds is 5.